The van der Waals surface area contributed by atoms with E-state index in [4.69, 9.17) is 9.47 Å². The SMILES string of the molecule is COc1ccc(C(=O)Nc2ccc(SC(C)C(=O)Nc3ccc(C)cc3)cc2)cc1OC. The molecule has 0 spiro atoms. The quantitative estimate of drug-likeness (QED) is 0.451. The van der Waals surface area contributed by atoms with Gasteiger partial charge in [0.05, 0.1) is 19.5 Å². The van der Waals surface area contributed by atoms with Crippen LogP contribution < -0.4 is 20.1 Å². The number of hydrogen-bond acceptors (Lipinski definition) is 5. The van der Waals surface area contributed by atoms with Gasteiger partial charge in [0.25, 0.3) is 5.91 Å². The predicted molar refractivity (Wildman–Crippen MR) is 129 cm³/mol. The average Bonchev–Trinajstić information content (AvgIpc) is 2.81. The fraction of sp³-hybridized carbons (Fsp3) is 0.200. The number of thioether (sulfide) groups is 1. The molecule has 0 saturated carbocycles. The molecule has 2 amide bonds. The zero-order valence-electron chi connectivity index (χ0n) is 18.5. The van der Waals surface area contributed by atoms with Crippen molar-refractivity contribution in [1.82, 2.24) is 0 Å². The van der Waals surface area contributed by atoms with Gasteiger partial charge < -0.3 is 20.1 Å². The van der Waals surface area contributed by atoms with Crippen molar-refractivity contribution in [1.29, 1.82) is 0 Å². The second kappa shape index (κ2) is 10.7. The van der Waals surface area contributed by atoms with E-state index in [9.17, 15) is 9.59 Å². The number of rotatable bonds is 8. The number of aryl methyl sites for hydroxylation is 1. The van der Waals surface area contributed by atoms with Crippen molar-refractivity contribution in [3.05, 3.63) is 77.9 Å². The topological polar surface area (TPSA) is 76.7 Å². The van der Waals surface area contributed by atoms with Gasteiger partial charge in [-0.25, -0.2) is 0 Å². The van der Waals surface area contributed by atoms with Crippen molar-refractivity contribution in [3.8, 4) is 11.5 Å². The molecule has 0 aliphatic carbocycles. The summed E-state index contributed by atoms with van der Waals surface area (Å²) in [5.74, 6) is 0.734. The van der Waals surface area contributed by atoms with E-state index in [1.165, 1.54) is 18.9 Å². The van der Waals surface area contributed by atoms with Crippen LogP contribution in [0.5, 0.6) is 11.5 Å². The fourth-order valence-electron chi connectivity index (χ4n) is 2.94. The summed E-state index contributed by atoms with van der Waals surface area (Å²) in [4.78, 5) is 26.0. The molecule has 0 heterocycles. The molecule has 3 rings (SSSR count). The first-order valence-corrected chi connectivity index (χ1v) is 10.9. The van der Waals surface area contributed by atoms with Gasteiger partial charge in [0, 0.05) is 21.8 Å². The molecule has 0 aliphatic rings. The third-order valence-corrected chi connectivity index (χ3v) is 5.87. The highest BCUT2D eigenvalue weighted by Gasteiger charge is 2.15. The number of ether oxygens (including phenoxy) is 2. The predicted octanol–water partition coefficient (Wildman–Crippen LogP) is 5.38. The van der Waals surface area contributed by atoms with Crippen LogP contribution in [0.4, 0.5) is 11.4 Å². The van der Waals surface area contributed by atoms with Gasteiger partial charge in [-0.1, -0.05) is 17.7 Å². The highest BCUT2D eigenvalue weighted by Crippen LogP contribution is 2.29. The summed E-state index contributed by atoms with van der Waals surface area (Å²) in [6, 6.07) is 20.1. The molecule has 0 bridgehead atoms. The monoisotopic (exact) mass is 450 g/mol. The lowest BCUT2D eigenvalue weighted by Gasteiger charge is -2.13. The Hall–Kier alpha value is -3.45. The van der Waals surface area contributed by atoms with Crippen molar-refractivity contribution in [2.45, 2.75) is 24.0 Å². The van der Waals surface area contributed by atoms with Crippen molar-refractivity contribution in [2.75, 3.05) is 24.9 Å². The van der Waals surface area contributed by atoms with Crippen LogP contribution in [0.25, 0.3) is 0 Å². The summed E-state index contributed by atoms with van der Waals surface area (Å²) >= 11 is 1.45. The number of hydrogen-bond donors (Lipinski definition) is 2. The molecule has 7 heteroatoms. The maximum atomic E-state index is 12.6. The van der Waals surface area contributed by atoms with Gasteiger partial charge in [-0.2, -0.15) is 0 Å². The first kappa shape index (κ1) is 23.2. The molecule has 166 valence electrons. The van der Waals surface area contributed by atoms with E-state index in [0.717, 1.165) is 16.1 Å². The van der Waals surface area contributed by atoms with E-state index in [2.05, 4.69) is 10.6 Å². The van der Waals surface area contributed by atoms with Crippen LogP contribution in [0.2, 0.25) is 0 Å². The van der Waals surface area contributed by atoms with E-state index in [1.54, 1.807) is 25.3 Å². The van der Waals surface area contributed by atoms with Crippen LogP contribution in [0, 0.1) is 6.92 Å². The number of nitrogens with one attached hydrogen (secondary N) is 2. The number of methoxy groups -OCH3 is 2. The van der Waals surface area contributed by atoms with E-state index in [1.807, 2.05) is 62.4 Å². The van der Waals surface area contributed by atoms with Gasteiger partial charge in [0.1, 0.15) is 0 Å². The summed E-state index contributed by atoms with van der Waals surface area (Å²) in [6.07, 6.45) is 0. The zero-order valence-corrected chi connectivity index (χ0v) is 19.3. The summed E-state index contributed by atoms with van der Waals surface area (Å²) in [7, 11) is 3.07. The van der Waals surface area contributed by atoms with Crippen molar-refractivity contribution < 1.29 is 19.1 Å². The van der Waals surface area contributed by atoms with E-state index in [-0.39, 0.29) is 17.1 Å². The van der Waals surface area contributed by atoms with Crippen LogP contribution >= 0.6 is 11.8 Å². The Labute approximate surface area is 192 Å². The Morgan fingerprint density at radius 2 is 1.41 bits per heavy atom. The van der Waals surface area contributed by atoms with Gasteiger partial charge in [-0.3, -0.25) is 9.59 Å². The van der Waals surface area contributed by atoms with Crippen LogP contribution in [0.1, 0.15) is 22.8 Å². The van der Waals surface area contributed by atoms with Crippen molar-refractivity contribution in [2.24, 2.45) is 0 Å². The lowest BCUT2D eigenvalue weighted by atomic mass is 10.2. The molecule has 0 radical (unpaired) electrons. The molecule has 1 atom stereocenters. The lowest BCUT2D eigenvalue weighted by molar-refractivity contribution is -0.115. The largest absolute Gasteiger partial charge is 0.493 e. The second-order valence-corrected chi connectivity index (χ2v) is 8.58. The minimum atomic E-state index is -0.275. The summed E-state index contributed by atoms with van der Waals surface area (Å²) in [5.41, 5.74) is 3.04. The molecular formula is C25H26N2O4S. The maximum absolute atomic E-state index is 12.6. The van der Waals surface area contributed by atoms with Gasteiger partial charge in [-0.15, -0.1) is 11.8 Å². The molecule has 0 aliphatic heterocycles. The standard InChI is InChI=1S/C25H26N2O4S/c1-16-5-8-19(9-6-16)26-24(28)17(2)32-21-12-10-20(11-13-21)27-25(29)18-7-14-22(30-3)23(15-18)31-4/h5-15,17H,1-4H3,(H,26,28)(H,27,29). The highest BCUT2D eigenvalue weighted by molar-refractivity contribution is 8.00. The number of amides is 2. The van der Waals surface area contributed by atoms with Crippen molar-refractivity contribution >= 4 is 35.0 Å². The zero-order chi connectivity index (χ0) is 23.1. The van der Waals surface area contributed by atoms with Crippen LogP contribution in [0.15, 0.2) is 71.6 Å². The van der Waals surface area contributed by atoms with Gasteiger partial charge in [-0.05, 0) is 68.4 Å². The molecule has 0 aromatic heterocycles. The molecule has 0 saturated heterocycles. The Kier molecular flexibility index (Phi) is 7.78. The normalized spacial score (nSPS) is 11.4. The Morgan fingerprint density at radius 1 is 0.812 bits per heavy atom. The number of benzene rings is 3. The highest BCUT2D eigenvalue weighted by atomic mass is 32.2. The molecule has 1 unspecified atom stereocenters. The van der Waals surface area contributed by atoms with Gasteiger partial charge in [0.15, 0.2) is 11.5 Å². The third kappa shape index (κ3) is 6.04. The smallest absolute Gasteiger partial charge is 0.255 e. The fourth-order valence-corrected chi connectivity index (χ4v) is 3.80. The molecule has 6 nitrogen and oxygen atoms in total. The number of carbonyl (C=O) groups is 2. The van der Waals surface area contributed by atoms with Gasteiger partial charge in [0.2, 0.25) is 5.91 Å². The molecular weight excluding hydrogens is 424 g/mol. The maximum Gasteiger partial charge on any atom is 0.255 e. The molecule has 3 aromatic rings. The van der Waals surface area contributed by atoms with E-state index < -0.39 is 0 Å². The molecule has 0 fully saturated rings. The first-order valence-electron chi connectivity index (χ1n) is 10.1. The van der Waals surface area contributed by atoms with Crippen LogP contribution in [-0.4, -0.2) is 31.3 Å². The minimum absolute atomic E-state index is 0.0651. The molecule has 2 N–H and O–H groups in total. The lowest BCUT2D eigenvalue weighted by Crippen LogP contribution is -2.22. The molecule has 3 aromatic carbocycles. The molecule has 32 heavy (non-hydrogen) atoms. The van der Waals surface area contributed by atoms with E-state index >= 15 is 0 Å². The Bertz CT molecular complexity index is 1080. The minimum Gasteiger partial charge on any atom is -0.493 e. The first-order chi connectivity index (χ1) is 15.4. The number of carbonyl (C=O) groups excluding carboxylic acids is 2. The average molecular weight is 451 g/mol. The Morgan fingerprint density at radius 3 is 2.03 bits per heavy atom. The van der Waals surface area contributed by atoms with Crippen LogP contribution in [-0.2, 0) is 4.79 Å². The number of anilines is 2. The van der Waals surface area contributed by atoms with Crippen molar-refractivity contribution in [3.63, 3.8) is 0 Å². The summed E-state index contributed by atoms with van der Waals surface area (Å²) in [5, 5.41) is 5.52. The summed E-state index contributed by atoms with van der Waals surface area (Å²) < 4.78 is 10.5. The van der Waals surface area contributed by atoms with E-state index in [0.29, 0.717) is 22.7 Å². The second-order valence-electron chi connectivity index (χ2n) is 7.16. The Balaban J connectivity index is 1.58. The summed E-state index contributed by atoms with van der Waals surface area (Å²) in [6.45, 7) is 3.87. The third-order valence-electron chi connectivity index (χ3n) is 4.76. The van der Waals surface area contributed by atoms with Crippen LogP contribution in [0.3, 0.4) is 0 Å². The van der Waals surface area contributed by atoms with Gasteiger partial charge >= 0.3 is 0 Å².